The third kappa shape index (κ3) is 4.75. The van der Waals surface area contributed by atoms with Gasteiger partial charge in [-0.25, -0.2) is 0 Å². The van der Waals surface area contributed by atoms with Gasteiger partial charge < -0.3 is 14.7 Å². The van der Waals surface area contributed by atoms with Crippen molar-refractivity contribution in [1.82, 2.24) is 4.90 Å². The van der Waals surface area contributed by atoms with E-state index in [0.29, 0.717) is 12.5 Å². The van der Waals surface area contributed by atoms with E-state index in [-0.39, 0.29) is 11.8 Å². The molecular weight excluding hydrogens is 350 g/mol. The highest BCUT2D eigenvalue weighted by molar-refractivity contribution is 5.93. The lowest BCUT2D eigenvalue weighted by Gasteiger charge is -2.44. The standard InChI is InChI=1S/C23H35N3O2/c1-4-26(17-21(27)24-22-18(2)10-8-11-19(22)3)15-9-12-20(16-26)23(28)25-13-6-5-7-14-25/h8,10-11,20H,4-7,9,12-17H2,1-3H3/p+1. The van der Waals surface area contributed by atoms with Gasteiger partial charge in [-0.15, -0.1) is 0 Å². The van der Waals surface area contributed by atoms with Crippen LogP contribution in [0.5, 0.6) is 0 Å². The molecule has 154 valence electrons. The second-order valence-corrected chi connectivity index (χ2v) is 8.76. The Balaban J connectivity index is 1.66. The number of nitrogens with one attached hydrogen (secondary N) is 1. The number of hydrogen-bond donors (Lipinski definition) is 1. The van der Waals surface area contributed by atoms with Gasteiger partial charge in [0.05, 0.1) is 25.6 Å². The van der Waals surface area contributed by atoms with E-state index in [4.69, 9.17) is 0 Å². The Hall–Kier alpha value is -1.88. The van der Waals surface area contributed by atoms with Crippen molar-refractivity contribution >= 4 is 17.5 Å². The number of piperidine rings is 2. The fraction of sp³-hybridized carbons (Fsp3) is 0.652. The molecule has 2 heterocycles. The van der Waals surface area contributed by atoms with Crippen LogP contribution < -0.4 is 5.32 Å². The highest BCUT2D eigenvalue weighted by atomic mass is 16.2. The van der Waals surface area contributed by atoms with E-state index in [1.54, 1.807) is 0 Å². The van der Waals surface area contributed by atoms with Gasteiger partial charge in [-0.05, 0) is 64.0 Å². The SMILES string of the molecule is CC[N+]1(CC(=O)Nc2c(C)cccc2C)CCCC(C(=O)N2CCCCC2)C1. The first kappa shape index (κ1) is 20.8. The number of likely N-dealkylation sites (N-methyl/N-ethyl adjacent to an activating group) is 1. The van der Waals surface area contributed by atoms with Crippen molar-refractivity contribution in [2.24, 2.45) is 5.92 Å². The van der Waals surface area contributed by atoms with Crippen LogP contribution in [0.1, 0.15) is 50.2 Å². The van der Waals surface area contributed by atoms with Crippen LogP contribution in [0, 0.1) is 19.8 Å². The number of anilines is 1. The van der Waals surface area contributed by atoms with Crippen LogP contribution in [0.2, 0.25) is 0 Å². The molecule has 2 saturated heterocycles. The van der Waals surface area contributed by atoms with Gasteiger partial charge in [0.1, 0.15) is 0 Å². The summed E-state index contributed by atoms with van der Waals surface area (Å²) in [7, 11) is 0. The minimum atomic E-state index is 0.0605. The monoisotopic (exact) mass is 386 g/mol. The summed E-state index contributed by atoms with van der Waals surface area (Å²) in [6.45, 7) is 11.2. The summed E-state index contributed by atoms with van der Waals surface area (Å²) < 4.78 is 0.723. The third-order valence-electron chi connectivity index (χ3n) is 6.71. The van der Waals surface area contributed by atoms with Crippen LogP contribution >= 0.6 is 0 Å². The van der Waals surface area contributed by atoms with E-state index >= 15 is 0 Å². The van der Waals surface area contributed by atoms with Gasteiger partial charge in [-0.1, -0.05) is 18.2 Å². The van der Waals surface area contributed by atoms with Crippen LogP contribution in [0.4, 0.5) is 5.69 Å². The highest BCUT2D eigenvalue weighted by Crippen LogP contribution is 2.27. The smallest absolute Gasteiger partial charge is 0.279 e. The van der Waals surface area contributed by atoms with Gasteiger partial charge in [-0.2, -0.15) is 0 Å². The Bertz CT molecular complexity index is 692. The summed E-state index contributed by atoms with van der Waals surface area (Å²) in [5.74, 6) is 0.454. The first-order chi connectivity index (χ1) is 13.4. The van der Waals surface area contributed by atoms with Crippen molar-refractivity contribution in [2.45, 2.75) is 52.9 Å². The number of para-hydroxylation sites is 1. The number of hydrogen-bond acceptors (Lipinski definition) is 2. The zero-order valence-electron chi connectivity index (χ0n) is 17.8. The molecule has 0 aliphatic carbocycles. The lowest BCUT2D eigenvalue weighted by atomic mass is 9.93. The zero-order chi connectivity index (χ0) is 20.1. The maximum atomic E-state index is 13.0. The Kier molecular flexibility index (Phi) is 6.76. The molecule has 0 spiro atoms. The van der Waals surface area contributed by atoms with E-state index in [2.05, 4.69) is 17.1 Å². The van der Waals surface area contributed by atoms with Crippen molar-refractivity contribution in [3.8, 4) is 0 Å². The van der Waals surface area contributed by atoms with Gasteiger partial charge in [0.25, 0.3) is 5.91 Å². The maximum Gasteiger partial charge on any atom is 0.279 e. The third-order valence-corrected chi connectivity index (χ3v) is 6.71. The van der Waals surface area contributed by atoms with Crippen molar-refractivity contribution in [2.75, 3.05) is 44.6 Å². The maximum absolute atomic E-state index is 13.0. The van der Waals surface area contributed by atoms with Gasteiger partial charge in [0.2, 0.25) is 5.91 Å². The van der Waals surface area contributed by atoms with Crippen molar-refractivity contribution in [1.29, 1.82) is 0 Å². The highest BCUT2D eigenvalue weighted by Gasteiger charge is 2.40. The molecule has 2 aliphatic rings. The fourth-order valence-corrected chi connectivity index (χ4v) is 4.94. The number of likely N-dealkylation sites (tertiary alicyclic amines) is 2. The molecule has 2 aliphatic heterocycles. The lowest BCUT2D eigenvalue weighted by Crippen LogP contribution is -2.59. The topological polar surface area (TPSA) is 49.4 Å². The number of rotatable bonds is 5. The van der Waals surface area contributed by atoms with Gasteiger partial charge >= 0.3 is 0 Å². The minimum absolute atomic E-state index is 0.0605. The molecule has 1 N–H and O–H groups in total. The Morgan fingerprint density at radius 1 is 1.11 bits per heavy atom. The van der Waals surface area contributed by atoms with Crippen LogP contribution in [0.25, 0.3) is 0 Å². The second kappa shape index (κ2) is 9.08. The summed E-state index contributed by atoms with van der Waals surface area (Å²) in [6, 6.07) is 6.07. The molecule has 5 heteroatoms. The van der Waals surface area contributed by atoms with Gasteiger partial charge in [0.15, 0.2) is 6.54 Å². The lowest BCUT2D eigenvalue weighted by molar-refractivity contribution is -0.925. The van der Waals surface area contributed by atoms with E-state index < -0.39 is 0 Å². The number of carbonyl (C=O) groups excluding carboxylic acids is 2. The van der Waals surface area contributed by atoms with E-state index in [0.717, 1.165) is 79.7 Å². The number of aryl methyl sites for hydroxylation is 2. The van der Waals surface area contributed by atoms with Gasteiger partial charge in [0, 0.05) is 18.8 Å². The van der Waals surface area contributed by atoms with E-state index in [1.165, 1.54) is 6.42 Å². The summed E-state index contributed by atoms with van der Waals surface area (Å²) in [5, 5.41) is 3.14. The molecule has 2 unspecified atom stereocenters. The second-order valence-electron chi connectivity index (χ2n) is 8.76. The molecule has 1 aromatic rings. The minimum Gasteiger partial charge on any atom is -0.342 e. The number of quaternary nitrogens is 1. The normalized spacial score (nSPS) is 25.4. The van der Waals surface area contributed by atoms with Crippen molar-refractivity contribution in [3.05, 3.63) is 29.3 Å². The molecule has 2 fully saturated rings. The molecule has 0 aromatic heterocycles. The number of nitrogens with zero attached hydrogens (tertiary/aromatic N) is 2. The van der Waals surface area contributed by atoms with Crippen LogP contribution in [-0.4, -0.2) is 60.5 Å². The first-order valence-corrected chi connectivity index (χ1v) is 10.9. The van der Waals surface area contributed by atoms with Gasteiger partial charge in [-0.3, -0.25) is 9.59 Å². The molecule has 2 amide bonds. The number of benzene rings is 1. The molecular formula is C23H36N3O2+. The van der Waals surface area contributed by atoms with Crippen LogP contribution in [0.15, 0.2) is 18.2 Å². The molecule has 3 rings (SSSR count). The summed E-state index contributed by atoms with van der Waals surface area (Å²) >= 11 is 0. The first-order valence-electron chi connectivity index (χ1n) is 10.9. The fourth-order valence-electron chi connectivity index (χ4n) is 4.94. The summed E-state index contributed by atoms with van der Waals surface area (Å²) in [6.07, 6.45) is 5.49. The van der Waals surface area contributed by atoms with Crippen LogP contribution in [-0.2, 0) is 9.59 Å². The molecule has 28 heavy (non-hydrogen) atoms. The predicted octanol–water partition coefficient (Wildman–Crippen LogP) is 3.50. The van der Waals surface area contributed by atoms with Crippen LogP contribution in [0.3, 0.4) is 0 Å². The van der Waals surface area contributed by atoms with Crippen molar-refractivity contribution < 1.29 is 14.1 Å². The molecule has 5 nitrogen and oxygen atoms in total. The number of amides is 2. The number of carbonyl (C=O) groups is 2. The van der Waals surface area contributed by atoms with Crippen molar-refractivity contribution in [3.63, 3.8) is 0 Å². The average molecular weight is 387 g/mol. The molecule has 0 saturated carbocycles. The molecule has 2 atom stereocenters. The Labute approximate surface area is 169 Å². The quantitative estimate of drug-likeness (QED) is 0.788. The summed E-state index contributed by atoms with van der Waals surface area (Å²) in [4.78, 5) is 28.0. The Morgan fingerprint density at radius 3 is 2.43 bits per heavy atom. The van der Waals surface area contributed by atoms with E-state index in [9.17, 15) is 9.59 Å². The Morgan fingerprint density at radius 2 is 1.79 bits per heavy atom. The average Bonchev–Trinajstić information content (AvgIpc) is 2.71. The predicted molar refractivity (Wildman–Crippen MR) is 113 cm³/mol. The largest absolute Gasteiger partial charge is 0.342 e. The summed E-state index contributed by atoms with van der Waals surface area (Å²) in [5.41, 5.74) is 3.11. The van der Waals surface area contributed by atoms with E-state index in [1.807, 2.05) is 32.0 Å². The molecule has 0 bridgehead atoms. The molecule has 1 aromatic carbocycles. The molecule has 0 radical (unpaired) electrons. The zero-order valence-corrected chi connectivity index (χ0v) is 17.8.